The molecule has 1 rings (SSSR count). The molecule has 0 amide bonds. The molecule has 20 heavy (non-hydrogen) atoms. The number of hydrogen-bond donors (Lipinski definition) is 4. The highest BCUT2D eigenvalue weighted by Gasteiger charge is 2.42. The Kier molecular flexibility index (Phi) is 8.60. The molecule has 6 nitrogen and oxygen atoms in total. The predicted octanol–water partition coefficient (Wildman–Crippen LogP) is 0.163. The molecule has 4 unspecified atom stereocenters. The van der Waals surface area contributed by atoms with Gasteiger partial charge in [-0.2, -0.15) is 0 Å². The Morgan fingerprint density at radius 3 is 2.20 bits per heavy atom. The van der Waals surface area contributed by atoms with Gasteiger partial charge in [0.2, 0.25) is 0 Å². The highest BCUT2D eigenvalue weighted by atomic mass is 16.6. The third kappa shape index (κ3) is 5.63. The molecule has 5 atom stereocenters. The summed E-state index contributed by atoms with van der Waals surface area (Å²) in [5.41, 5.74) is 0. The number of ether oxygens (including phenoxy) is 2. The average Bonchev–Trinajstić information content (AvgIpc) is 2.44. The summed E-state index contributed by atoms with van der Waals surface area (Å²) in [6.45, 7) is 2.84. The second-order valence-electron chi connectivity index (χ2n) is 5.38. The van der Waals surface area contributed by atoms with Gasteiger partial charge in [-0.1, -0.05) is 39.0 Å². The minimum Gasteiger partial charge on any atom is -0.387 e. The van der Waals surface area contributed by atoms with Gasteiger partial charge < -0.3 is 29.9 Å². The minimum atomic E-state index is -1.49. The molecule has 0 aliphatic carbocycles. The van der Waals surface area contributed by atoms with E-state index in [4.69, 9.17) is 9.47 Å². The van der Waals surface area contributed by atoms with Crippen LogP contribution in [0.3, 0.4) is 0 Å². The fourth-order valence-corrected chi connectivity index (χ4v) is 2.25. The molecular weight excluding hydrogens is 264 g/mol. The van der Waals surface area contributed by atoms with Gasteiger partial charge >= 0.3 is 0 Å². The second kappa shape index (κ2) is 9.65. The van der Waals surface area contributed by atoms with E-state index in [9.17, 15) is 20.4 Å². The van der Waals surface area contributed by atoms with Gasteiger partial charge in [0.1, 0.15) is 24.4 Å². The smallest absolute Gasteiger partial charge is 0.184 e. The molecule has 1 aliphatic rings. The van der Waals surface area contributed by atoms with Crippen molar-refractivity contribution in [2.45, 2.75) is 76.2 Å². The monoisotopic (exact) mass is 292 g/mol. The summed E-state index contributed by atoms with van der Waals surface area (Å²) >= 11 is 0. The van der Waals surface area contributed by atoms with Gasteiger partial charge in [0.05, 0.1) is 6.61 Å². The zero-order valence-electron chi connectivity index (χ0n) is 12.1. The molecule has 0 saturated carbocycles. The lowest BCUT2D eigenvalue weighted by Crippen LogP contribution is -2.58. The molecule has 1 saturated heterocycles. The van der Waals surface area contributed by atoms with Crippen molar-refractivity contribution in [3.8, 4) is 0 Å². The van der Waals surface area contributed by atoms with Crippen molar-refractivity contribution in [2.24, 2.45) is 0 Å². The number of hydrogen-bond acceptors (Lipinski definition) is 6. The summed E-state index contributed by atoms with van der Waals surface area (Å²) in [6, 6.07) is 0. The van der Waals surface area contributed by atoms with Crippen LogP contribution in [0.4, 0.5) is 0 Å². The van der Waals surface area contributed by atoms with E-state index in [1.807, 2.05) is 0 Å². The topological polar surface area (TPSA) is 99.4 Å². The summed E-state index contributed by atoms with van der Waals surface area (Å²) in [5, 5.41) is 37.9. The van der Waals surface area contributed by atoms with Gasteiger partial charge in [-0.25, -0.2) is 0 Å². The zero-order valence-corrected chi connectivity index (χ0v) is 12.1. The van der Waals surface area contributed by atoms with Crippen molar-refractivity contribution in [3.05, 3.63) is 0 Å². The molecule has 0 aromatic heterocycles. The summed E-state index contributed by atoms with van der Waals surface area (Å²) in [6.07, 6.45) is 0.530. The van der Waals surface area contributed by atoms with Gasteiger partial charge in [-0.15, -0.1) is 0 Å². The van der Waals surface area contributed by atoms with Gasteiger partial charge in [0.25, 0.3) is 0 Å². The van der Waals surface area contributed by atoms with E-state index in [0.29, 0.717) is 6.61 Å². The molecule has 6 heteroatoms. The maximum absolute atomic E-state index is 9.70. The van der Waals surface area contributed by atoms with E-state index in [1.54, 1.807) is 0 Å². The van der Waals surface area contributed by atoms with E-state index < -0.39 is 30.7 Å². The first-order valence-corrected chi connectivity index (χ1v) is 7.53. The molecule has 0 aromatic carbocycles. The maximum atomic E-state index is 9.70. The van der Waals surface area contributed by atoms with Gasteiger partial charge in [0, 0.05) is 6.61 Å². The highest BCUT2D eigenvalue weighted by Crippen LogP contribution is 2.20. The predicted molar refractivity (Wildman–Crippen MR) is 73.1 cm³/mol. The molecule has 0 spiro atoms. The highest BCUT2D eigenvalue weighted by molar-refractivity contribution is 4.88. The average molecular weight is 292 g/mol. The van der Waals surface area contributed by atoms with E-state index in [-0.39, 0.29) is 6.61 Å². The lowest BCUT2D eigenvalue weighted by atomic mass is 9.99. The first-order valence-electron chi connectivity index (χ1n) is 7.53. The molecule has 0 radical (unpaired) electrons. The lowest BCUT2D eigenvalue weighted by Gasteiger charge is -2.38. The van der Waals surface area contributed by atoms with Crippen LogP contribution in [0.25, 0.3) is 0 Å². The molecule has 1 heterocycles. The summed E-state index contributed by atoms with van der Waals surface area (Å²) in [4.78, 5) is 0. The van der Waals surface area contributed by atoms with Gasteiger partial charge in [-0.05, 0) is 6.42 Å². The Balaban J connectivity index is 2.09. The van der Waals surface area contributed by atoms with Crippen LogP contribution in [0.5, 0.6) is 0 Å². The van der Waals surface area contributed by atoms with Crippen LogP contribution in [0.2, 0.25) is 0 Å². The van der Waals surface area contributed by atoms with Crippen molar-refractivity contribution >= 4 is 0 Å². The lowest BCUT2D eigenvalue weighted by molar-refractivity contribution is -0.288. The third-order valence-electron chi connectivity index (χ3n) is 3.61. The Morgan fingerprint density at radius 2 is 1.50 bits per heavy atom. The van der Waals surface area contributed by atoms with Crippen LogP contribution < -0.4 is 0 Å². The molecule has 120 valence electrons. The number of rotatable bonds is 9. The molecule has 0 bridgehead atoms. The van der Waals surface area contributed by atoms with E-state index in [1.165, 1.54) is 25.7 Å². The summed E-state index contributed by atoms with van der Waals surface area (Å²) in [5.74, 6) is 0. The SMILES string of the molecule is CCCCCCCCOCC1OC(O)C(O)[C@@H](O)C1O. The van der Waals surface area contributed by atoms with Crippen molar-refractivity contribution in [1.29, 1.82) is 0 Å². The Morgan fingerprint density at radius 1 is 0.850 bits per heavy atom. The molecular formula is C14H28O6. The second-order valence-corrected chi connectivity index (χ2v) is 5.38. The fourth-order valence-electron chi connectivity index (χ4n) is 2.25. The van der Waals surface area contributed by atoms with Crippen LogP contribution in [-0.2, 0) is 9.47 Å². The van der Waals surface area contributed by atoms with Crippen molar-refractivity contribution in [3.63, 3.8) is 0 Å². The quantitative estimate of drug-likeness (QED) is 0.452. The standard InChI is InChI=1S/C14H28O6/c1-2-3-4-5-6-7-8-19-9-10-11(15)12(16)13(17)14(18)20-10/h10-18H,2-9H2,1H3/t10?,11?,12-,13?,14?/m0/s1. The van der Waals surface area contributed by atoms with E-state index in [2.05, 4.69) is 6.92 Å². The molecule has 0 aromatic rings. The fraction of sp³-hybridized carbons (Fsp3) is 1.00. The van der Waals surface area contributed by atoms with Crippen LogP contribution in [-0.4, -0.2) is 64.3 Å². The van der Waals surface area contributed by atoms with Crippen molar-refractivity contribution in [1.82, 2.24) is 0 Å². The number of unbranched alkanes of at least 4 members (excludes halogenated alkanes) is 5. The van der Waals surface area contributed by atoms with E-state index >= 15 is 0 Å². The summed E-state index contributed by atoms with van der Waals surface area (Å²) < 4.78 is 10.4. The van der Waals surface area contributed by atoms with Crippen molar-refractivity contribution < 1.29 is 29.9 Å². The Hall–Kier alpha value is -0.240. The number of aliphatic hydroxyl groups is 4. The molecule has 4 N–H and O–H groups in total. The first-order chi connectivity index (χ1) is 9.57. The Bertz CT molecular complexity index is 250. The number of aliphatic hydroxyl groups excluding tert-OH is 4. The Labute approximate surface area is 120 Å². The van der Waals surface area contributed by atoms with Crippen LogP contribution in [0.1, 0.15) is 45.4 Å². The van der Waals surface area contributed by atoms with Crippen molar-refractivity contribution in [2.75, 3.05) is 13.2 Å². The summed E-state index contributed by atoms with van der Waals surface area (Å²) in [7, 11) is 0. The third-order valence-corrected chi connectivity index (χ3v) is 3.61. The van der Waals surface area contributed by atoms with Gasteiger partial charge in [-0.3, -0.25) is 0 Å². The van der Waals surface area contributed by atoms with Crippen LogP contribution in [0, 0.1) is 0 Å². The first kappa shape index (κ1) is 17.8. The van der Waals surface area contributed by atoms with Crippen LogP contribution in [0.15, 0.2) is 0 Å². The van der Waals surface area contributed by atoms with E-state index in [0.717, 1.165) is 12.8 Å². The largest absolute Gasteiger partial charge is 0.387 e. The van der Waals surface area contributed by atoms with Gasteiger partial charge in [0.15, 0.2) is 6.29 Å². The zero-order chi connectivity index (χ0) is 15.0. The molecule has 1 aliphatic heterocycles. The minimum absolute atomic E-state index is 0.0942. The normalized spacial score (nSPS) is 34.4. The molecule has 1 fully saturated rings. The van der Waals surface area contributed by atoms with Crippen LogP contribution >= 0.6 is 0 Å². The maximum Gasteiger partial charge on any atom is 0.184 e.